The van der Waals surface area contributed by atoms with Crippen molar-refractivity contribution in [2.24, 2.45) is 0 Å². The molecule has 0 saturated carbocycles. The summed E-state index contributed by atoms with van der Waals surface area (Å²) in [5.74, 6) is -0.165. The van der Waals surface area contributed by atoms with Gasteiger partial charge in [-0.3, -0.25) is 0 Å². The topological polar surface area (TPSA) is 113 Å². The highest BCUT2D eigenvalue weighted by molar-refractivity contribution is 6.60. The molecule has 226 valence electrons. The largest absolute Gasteiger partial charge is 0.500 e. The summed E-state index contributed by atoms with van der Waals surface area (Å²) in [5, 5.41) is 11.6. The average Bonchev–Trinajstić information content (AvgIpc) is 2.96. The van der Waals surface area contributed by atoms with Crippen LogP contribution in [0.15, 0.2) is 54.6 Å². The highest BCUT2D eigenvalue weighted by Gasteiger charge is 2.39. The third-order valence-corrected chi connectivity index (χ3v) is 9.21. The Bertz CT molecular complexity index is 1040. The zero-order valence-electron chi connectivity index (χ0n) is 24.6. The van der Waals surface area contributed by atoms with Crippen molar-refractivity contribution in [1.82, 2.24) is 5.32 Å². The van der Waals surface area contributed by atoms with Crippen LogP contribution < -0.4 is 10.1 Å². The van der Waals surface area contributed by atoms with Crippen LogP contribution in [0.5, 0.6) is 5.75 Å². The molecular formula is C31H45NO8Si. The maximum absolute atomic E-state index is 12.0. The van der Waals surface area contributed by atoms with E-state index in [9.17, 15) is 9.59 Å². The van der Waals surface area contributed by atoms with Crippen LogP contribution in [0.3, 0.4) is 0 Å². The molecule has 41 heavy (non-hydrogen) atoms. The van der Waals surface area contributed by atoms with Crippen molar-refractivity contribution in [3.63, 3.8) is 0 Å². The van der Waals surface area contributed by atoms with Gasteiger partial charge in [-0.2, -0.15) is 0 Å². The number of hydrogen-bond donors (Lipinski definition) is 2. The number of carbonyl (C=O) groups excluding carboxylic acids is 1. The number of carboxylic acids is 1. The van der Waals surface area contributed by atoms with Crippen LogP contribution in [-0.4, -0.2) is 65.6 Å². The predicted octanol–water partition coefficient (Wildman–Crippen LogP) is 6.56. The maximum atomic E-state index is 12.0. The molecule has 2 N–H and O–H groups in total. The Labute approximate surface area is 245 Å². The number of carbonyl (C=O) groups is 2. The van der Waals surface area contributed by atoms with Gasteiger partial charge < -0.3 is 33.2 Å². The monoisotopic (exact) mass is 587 g/mol. The van der Waals surface area contributed by atoms with Crippen LogP contribution >= 0.6 is 0 Å². The second-order valence-corrected chi connectivity index (χ2v) is 12.0. The fraction of sp³-hybridized carbons (Fsp3) is 0.484. The highest BCUT2D eigenvalue weighted by Crippen LogP contribution is 2.24. The number of aliphatic carboxylic acids is 1. The molecule has 0 bridgehead atoms. The smallest absolute Gasteiger partial charge is 0.494 e. The number of alkyl carbamates (subject to hydrolysis) is 1. The molecule has 0 saturated heterocycles. The summed E-state index contributed by atoms with van der Waals surface area (Å²) in [5.41, 5.74) is 2.87. The summed E-state index contributed by atoms with van der Waals surface area (Å²) < 4.78 is 28.6. The van der Waals surface area contributed by atoms with Crippen LogP contribution in [0.25, 0.3) is 17.2 Å². The highest BCUT2D eigenvalue weighted by atomic mass is 28.4. The van der Waals surface area contributed by atoms with Crippen molar-refractivity contribution in [2.75, 3.05) is 39.6 Å². The molecule has 9 nitrogen and oxygen atoms in total. The molecule has 0 radical (unpaired) electrons. The van der Waals surface area contributed by atoms with Crippen molar-refractivity contribution < 1.29 is 37.4 Å². The number of unbranched alkanes of at least 4 members (excludes halogenated alkanes) is 3. The third-order valence-electron chi connectivity index (χ3n) is 6.06. The van der Waals surface area contributed by atoms with E-state index < -0.39 is 20.9 Å². The summed E-state index contributed by atoms with van der Waals surface area (Å²) >= 11 is 0. The number of rotatable bonds is 21. The molecule has 0 unspecified atom stereocenters. The molecule has 2 aromatic carbocycles. The first-order valence-electron chi connectivity index (χ1n) is 14.5. The zero-order valence-corrected chi connectivity index (χ0v) is 25.6. The van der Waals surface area contributed by atoms with Crippen LogP contribution in [0.4, 0.5) is 4.79 Å². The predicted molar refractivity (Wildman–Crippen MR) is 162 cm³/mol. The second-order valence-electron chi connectivity index (χ2n) is 9.23. The Kier molecular flexibility index (Phi) is 16.4. The summed E-state index contributed by atoms with van der Waals surface area (Å²) in [7, 11) is -2.68. The molecule has 0 aliphatic rings. The van der Waals surface area contributed by atoms with Crippen LogP contribution in [0.2, 0.25) is 6.04 Å². The molecular weight excluding hydrogens is 542 g/mol. The minimum absolute atomic E-state index is 0.386. The number of amides is 1. The minimum atomic E-state index is -2.68. The molecule has 0 aromatic heterocycles. The van der Waals surface area contributed by atoms with Crippen LogP contribution in [-0.2, 0) is 22.8 Å². The first-order chi connectivity index (χ1) is 19.9. The Morgan fingerprint density at radius 2 is 1.49 bits per heavy atom. The Balaban J connectivity index is 1.56. The fourth-order valence-corrected chi connectivity index (χ4v) is 6.81. The van der Waals surface area contributed by atoms with E-state index in [0.29, 0.717) is 52.0 Å². The van der Waals surface area contributed by atoms with E-state index in [4.69, 9.17) is 27.9 Å². The van der Waals surface area contributed by atoms with Gasteiger partial charge in [-0.1, -0.05) is 30.3 Å². The molecule has 1 amide bonds. The van der Waals surface area contributed by atoms with E-state index in [0.717, 1.165) is 54.2 Å². The quantitative estimate of drug-likeness (QED) is 0.0960. The molecule has 0 fully saturated rings. The Hall–Kier alpha value is -3.18. The maximum Gasteiger partial charge on any atom is 0.500 e. The lowest BCUT2D eigenvalue weighted by atomic mass is 10.0. The first-order valence-corrected chi connectivity index (χ1v) is 16.4. The summed E-state index contributed by atoms with van der Waals surface area (Å²) in [6, 6.07) is 16.2. The van der Waals surface area contributed by atoms with Gasteiger partial charge in [0.25, 0.3) is 0 Å². The number of ether oxygens (including phenoxy) is 2. The van der Waals surface area contributed by atoms with Crippen molar-refractivity contribution in [3.05, 3.63) is 60.2 Å². The SMILES string of the molecule is CCO[Si](CCCNC(=O)OCCCCCCOc1ccc(-c2cccc(/C=C/C(=O)O)c2)cc1)(OCC)OCC. The number of benzene rings is 2. The molecule has 0 heterocycles. The second kappa shape index (κ2) is 19.8. The number of nitrogens with one attached hydrogen (secondary N) is 1. The van der Waals surface area contributed by atoms with E-state index in [1.807, 2.05) is 69.3 Å². The molecule has 2 aromatic rings. The lowest BCUT2D eigenvalue weighted by Crippen LogP contribution is -2.46. The van der Waals surface area contributed by atoms with Crippen LogP contribution in [0, 0.1) is 0 Å². The Morgan fingerprint density at radius 1 is 0.829 bits per heavy atom. The van der Waals surface area contributed by atoms with Gasteiger partial charge >= 0.3 is 20.9 Å². The van der Waals surface area contributed by atoms with Gasteiger partial charge in [-0.05, 0) is 93.8 Å². The molecule has 0 atom stereocenters. The van der Waals surface area contributed by atoms with Gasteiger partial charge in [0.15, 0.2) is 0 Å². The van der Waals surface area contributed by atoms with Crippen molar-refractivity contribution in [3.8, 4) is 16.9 Å². The van der Waals surface area contributed by atoms with Gasteiger partial charge in [-0.25, -0.2) is 9.59 Å². The fourth-order valence-electron chi connectivity index (χ4n) is 4.19. The average molecular weight is 588 g/mol. The first kappa shape index (κ1) is 34.0. The molecule has 10 heteroatoms. The van der Waals surface area contributed by atoms with Gasteiger partial charge in [0, 0.05) is 38.5 Å². The molecule has 0 aliphatic heterocycles. The standard InChI is InChI=1S/C31H45NO8Si/c1-4-38-41(39-5-2,40-6-3)24-12-21-32-31(35)37-23-10-8-7-9-22-36-29-18-16-27(17-19-29)28-14-11-13-26(25-28)15-20-30(33)34/h11,13-20,25H,4-10,12,21-24H2,1-3H3,(H,32,35)(H,33,34)/b20-15+. The lowest BCUT2D eigenvalue weighted by Gasteiger charge is -2.28. The summed E-state index contributed by atoms with van der Waals surface area (Å²) in [6.07, 6.45) is 6.65. The molecule has 0 spiro atoms. The summed E-state index contributed by atoms with van der Waals surface area (Å²) in [6.45, 7) is 8.88. The zero-order chi connectivity index (χ0) is 29.8. The lowest BCUT2D eigenvalue weighted by molar-refractivity contribution is -0.131. The van der Waals surface area contributed by atoms with E-state index in [1.54, 1.807) is 6.08 Å². The Morgan fingerprint density at radius 3 is 2.12 bits per heavy atom. The van der Waals surface area contributed by atoms with Gasteiger partial charge in [-0.15, -0.1) is 0 Å². The number of carboxylic acid groups (broad SMARTS) is 1. The van der Waals surface area contributed by atoms with Gasteiger partial charge in [0.05, 0.1) is 13.2 Å². The molecule has 2 rings (SSSR count). The van der Waals surface area contributed by atoms with E-state index >= 15 is 0 Å². The number of hydrogen-bond acceptors (Lipinski definition) is 7. The van der Waals surface area contributed by atoms with Crippen LogP contribution in [0.1, 0.15) is 58.4 Å². The minimum Gasteiger partial charge on any atom is -0.494 e. The van der Waals surface area contributed by atoms with Gasteiger partial charge in [0.2, 0.25) is 0 Å². The van der Waals surface area contributed by atoms with Gasteiger partial charge in [0.1, 0.15) is 5.75 Å². The van der Waals surface area contributed by atoms with Crippen molar-refractivity contribution >= 4 is 26.9 Å². The van der Waals surface area contributed by atoms with Crippen molar-refractivity contribution in [1.29, 1.82) is 0 Å². The van der Waals surface area contributed by atoms with Crippen molar-refractivity contribution in [2.45, 2.75) is 58.9 Å². The third kappa shape index (κ3) is 13.8. The van der Waals surface area contributed by atoms with E-state index in [-0.39, 0.29) is 0 Å². The van der Waals surface area contributed by atoms with E-state index in [2.05, 4.69) is 5.32 Å². The molecule has 0 aliphatic carbocycles. The normalized spacial score (nSPS) is 11.5. The van der Waals surface area contributed by atoms with E-state index in [1.165, 1.54) is 0 Å². The summed E-state index contributed by atoms with van der Waals surface area (Å²) in [4.78, 5) is 22.7.